The van der Waals surface area contributed by atoms with Crippen LogP contribution >= 0.6 is 11.6 Å². The van der Waals surface area contributed by atoms with E-state index in [2.05, 4.69) is 24.3 Å². The fraction of sp³-hybridized carbons (Fsp3) is 0.500. The third-order valence-corrected chi connectivity index (χ3v) is 4.25. The molecule has 2 aromatic rings. The van der Waals surface area contributed by atoms with Crippen molar-refractivity contribution in [2.45, 2.75) is 46.4 Å². The van der Waals surface area contributed by atoms with Crippen LogP contribution < -0.4 is 10.1 Å². The van der Waals surface area contributed by atoms with Crippen LogP contribution in [0, 0.1) is 5.92 Å². The summed E-state index contributed by atoms with van der Waals surface area (Å²) in [5, 5.41) is 8.54. The van der Waals surface area contributed by atoms with Crippen LogP contribution in [0.4, 0.5) is 0 Å². The highest BCUT2D eigenvalue weighted by Crippen LogP contribution is 2.20. The van der Waals surface area contributed by atoms with Gasteiger partial charge in [-0.1, -0.05) is 50.4 Å². The van der Waals surface area contributed by atoms with Gasteiger partial charge in [0.15, 0.2) is 0 Å². The molecule has 1 aromatic carbocycles. The molecule has 0 aliphatic carbocycles. The lowest BCUT2D eigenvalue weighted by atomic mass is 10.0. The summed E-state index contributed by atoms with van der Waals surface area (Å²) in [5.41, 5.74) is 2.06. The molecule has 1 heterocycles. The average Bonchev–Trinajstić information content (AvgIpc) is 2.92. The van der Waals surface area contributed by atoms with E-state index in [0.717, 1.165) is 48.1 Å². The summed E-state index contributed by atoms with van der Waals surface area (Å²) in [6, 6.07) is 9.77. The first-order valence-electron chi connectivity index (χ1n) is 8.24. The van der Waals surface area contributed by atoms with Crippen molar-refractivity contribution in [3.8, 4) is 5.88 Å². The number of hydrogen-bond acceptors (Lipinski definition) is 3. The molecule has 0 amide bonds. The predicted molar refractivity (Wildman–Crippen MR) is 94.8 cm³/mol. The van der Waals surface area contributed by atoms with E-state index in [0.29, 0.717) is 12.5 Å². The Kier molecular flexibility index (Phi) is 6.93. The highest BCUT2D eigenvalue weighted by atomic mass is 35.5. The van der Waals surface area contributed by atoms with Gasteiger partial charge in [0.05, 0.1) is 5.69 Å². The minimum Gasteiger partial charge on any atom is -0.473 e. The summed E-state index contributed by atoms with van der Waals surface area (Å²) in [5.74, 6) is 1.44. The number of benzene rings is 1. The zero-order valence-electron chi connectivity index (χ0n) is 14.2. The highest BCUT2D eigenvalue weighted by Gasteiger charge is 2.13. The van der Waals surface area contributed by atoms with Crippen LogP contribution in [0.2, 0.25) is 5.02 Å². The Bertz CT molecular complexity index is 608. The van der Waals surface area contributed by atoms with Gasteiger partial charge >= 0.3 is 0 Å². The van der Waals surface area contributed by atoms with Gasteiger partial charge < -0.3 is 10.1 Å². The number of nitrogens with one attached hydrogen (secondary N) is 1. The minimum atomic E-state index is 0.494. The lowest BCUT2D eigenvalue weighted by molar-refractivity contribution is 0.258. The molecule has 0 atom stereocenters. The summed E-state index contributed by atoms with van der Waals surface area (Å²) in [6.45, 7) is 6.57. The van der Waals surface area contributed by atoms with Crippen molar-refractivity contribution in [3.05, 3.63) is 46.6 Å². The van der Waals surface area contributed by atoms with Crippen molar-refractivity contribution in [2.24, 2.45) is 5.92 Å². The van der Waals surface area contributed by atoms with Crippen LogP contribution in [0.3, 0.4) is 0 Å². The SMILES string of the molecule is CCC(CC)Cn1nc(CNC)cc1OCc1cccc(Cl)c1. The quantitative estimate of drug-likeness (QED) is 0.743. The van der Waals surface area contributed by atoms with E-state index in [1.54, 1.807) is 0 Å². The third-order valence-electron chi connectivity index (χ3n) is 4.01. The largest absolute Gasteiger partial charge is 0.473 e. The summed E-state index contributed by atoms with van der Waals surface area (Å²) < 4.78 is 8.00. The van der Waals surface area contributed by atoms with E-state index in [1.165, 1.54) is 0 Å². The molecular weight excluding hydrogens is 310 g/mol. The fourth-order valence-electron chi connectivity index (χ4n) is 2.54. The summed E-state index contributed by atoms with van der Waals surface area (Å²) in [4.78, 5) is 0. The van der Waals surface area contributed by atoms with Crippen LogP contribution in [0.15, 0.2) is 30.3 Å². The van der Waals surface area contributed by atoms with Gasteiger partial charge in [0.25, 0.3) is 0 Å². The Morgan fingerprint density at radius 1 is 1.26 bits per heavy atom. The van der Waals surface area contributed by atoms with E-state index < -0.39 is 0 Å². The standard InChI is InChI=1S/C18H26ClN3O/c1-4-14(5-2)12-22-18(10-17(21-22)11-20-3)23-13-15-7-6-8-16(19)9-15/h6-10,14,20H,4-5,11-13H2,1-3H3. The lowest BCUT2D eigenvalue weighted by Gasteiger charge is -2.15. The fourth-order valence-corrected chi connectivity index (χ4v) is 2.75. The van der Waals surface area contributed by atoms with Crippen molar-refractivity contribution < 1.29 is 4.74 Å². The van der Waals surface area contributed by atoms with Crippen LogP contribution in [0.25, 0.3) is 0 Å². The molecule has 126 valence electrons. The molecule has 1 N–H and O–H groups in total. The summed E-state index contributed by atoms with van der Waals surface area (Å²) in [7, 11) is 1.92. The van der Waals surface area contributed by atoms with Crippen LogP contribution in [0.1, 0.15) is 37.9 Å². The summed E-state index contributed by atoms with van der Waals surface area (Å²) >= 11 is 6.03. The van der Waals surface area contributed by atoms with Gasteiger partial charge in [-0.15, -0.1) is 0 Å². The number of nitrogens with zero attached hydrogens (tertiary/aromatic N) is 2. The maximum Gasteiger partial charge on any atom is 0.212 e. The highest BCUT2D eigenvalue weighted by molar-refractivity contribution is 6.30. The Hall–Kier alpha value is -1.52. The second-order valence-corrected chi connectivity index (χ2v) is 6.22. The van der Waals surface area contributed by atoms with E-state index in [1.807, 2.05) is 42.1 Å². The van der Waals surface area contributed by atoms with Gasteiger partial charge in [0.1, 0.15) is 6.61 Å². The molecule has 0 saturated heterocycles. The third kappa shape index (κ3) is 5.26. The van der Waals surface area contributed by atoms with Crippen molar-refractivity contribution >= 4 is 11.6 Å². The van der Waals surface area contributed by atoms with Crippen LogP contribution in [0.5, 0.6) is 5.88 Å². The van der Waals surface area contributed by atoms with Crippen LogP contribution in [-0.4, -0.2) is 16.8 Å². The molecule has 0 spiro atoms. The molecule has 5 heteroatoms. The van der Waals surface area contributed by atoms with E-state index >= 15 is 0 Å². The molecule has 23 heavy (non-hydrogen) atoms. The number of aromatic nitrogens is 2. The predicted octanol–water partition coefficient (Wildman–Crippen LogP) is 4.27. The normalized spacial score (nSPS) is 11.2. The number of rotatable bonds is 9. The molecule has 0 aliphatic heterocycles. The maximum absolute atomic E-state index is 6.03. The average molecular weight is 336 g/mol. The molecule has 0 bridgehead atoms. The van der Waals surface area contributed by atoms with Crippen molar-refractivity contribution in [2.75, 3.05) is 7.05 Å². The monoisotopic (exact) mass is 335 g/mol. The Morgan fingerprint density at radius 2 is 2.04 bits per heavy atom. The maximum atomic E-state index is 6.03. The molecule has 4 nitrogen and oxygen atoms in total. The van der Waals surface area contributed by atoms with E-state index in [-0.39, 0.29) is 0 Å². The molecule has 1 aromatic heterocycles. The van der Waals surface area contributed by atoms with Gasteiger partial charge in [-0.05, 0) is 30.7 Å². The number of hydrogen-bond donors (Lipinski definition) is 1. The molecule has 0 aliphatic rings. The van der Waals surface area contributed by atoms with E-state index in [9.17, 15) is 0 Å². The zero-order valence-corrected chi connectivity index (χ0v) is 14.9. The second kappa shape index (κ2) is 8.94. The molecule has 0 radical (unpaired) electrons. The number of ether oxygens (including phenoxy) is 1. The Labute approximate surface area is 143 Å². The van der Waals surface area contributed by atoms with Gasteiger partial charge in [0, 0.05) is 24.2 Å². The van der Waals surface area contributed by atoms with Crippen molar-refractivity contribution in [1.82, 2.24) is 15.1 Å². The molecular formula is C18H26ClN3O. The first-order valence-corrected chi connectivity index (χ1v) is 8.62. The minimum absolute atomic E-state index is 0.494. The Morgan fingerprint density at radius 3 is 2.70 bits per heavy atom. The zero-order chi connectivity index (χ0) is 16.7. The lowest BCUT2D eigenvalue weighted by Crippen LogP contribution is -2.13. The molecule has 0 fully saturated rings. The molecule has 2 rings (SSSR count). The Balaban J connectivity index is 2.11. The van der Waals surface area contributed by atoms with Gasteiger partial charge in [-0.3, -0.25) is 0 Å². The van der Waals surface area contributed by atoms with E-state index in [4.69, 9.17) is 16.3 Å². The second-order valence-electron chi connectivity index (χ2n) is 5.79. The van der Waals surface area contributed by atoms with Crippen molar-refractivity contribution in [1.29, 1.82) is 0 Å². The number of halogens is 1. The van der Waals surface area contributed by atoms with Crippen molar-refractivity contribution in [3.63, 3.8) is 0 Å². The van der Waals surface area contributed by atoms with Gasteiger partial charge in [-0.25, -0.2) is 4.68 Å². The first kappa shape index (κ1) is 17.8. The first-order chi connectivity index (χ1) is 11.2. The molecule has 0 unspecified atom stereocenters. The summed E-state index contributed by atoms with van der Waals surface area (Å²) in [6.07, 6.45) is 2.29. The topological polar surface area (TPSA) is 39.1 Å². The van der Waals surface area contributed by atoms with Gasteiger partial charge in [-0.2, -0.15) is 5.10 Å². The van der Waals surface area contributed by atoms with Gasteiger partial charge in [0.2, 0.25) is 5.88 Å². The smallest absolute Gasteiger partial charge is 0.212 e. The molecule has 0 saturated carbocycles. The van der Waals surface area contributed by atoms with Crippen LogP contribution in [-0.2, 0) is 19.7 Å².